The van der Waals surface area contributed by atoms with Crippen molar-refractivity contribution in [3.05, 3.63) is 35.9 Å². The van der Waals surface area contributed by atoms with Gasteiger partial charge < -0.3 is 25.4 Å². The van der Waals surface area contributed by atoms with Crippen LogP contribution in [0, 0.1) is 0 Å². The molecule has 0 bridgehead atoms. The maximum Gasteiger partial charge on any atom is 0.408 e. The molecule has 0 aliphatic heterocycles. The van der Waals surface area contributed by atoms with Crippen LogP contribution in [-0.4, -0.2) is 47.9 Å². The predicted octanol–water partition coefficient (Wildman–Crippen LogP) is 4.32. The van der Waals surface area contributed by atoms with Gasteiger partial charge in [-0.05, 0) is 79.7 Å². The maximum atomic E-state index is 12.9. The van der Waals surface area contributed by atoms with E-state index in [4.69, 9.17) is 9.47 Å². The smallest absolute Gasteiger partial charge is 0.408 e. The Hall–Kier alpha value is -2.77. The molecule has 3 N–H and O–H groups in total. The topological polar surface area (TPSA) is 106 Å². The average molecular weight is 464 g/mol. The molecule has 0 saturated carbocycles. The van der Waals surface area contributed by atoms with Gasteiger partial charge in [-0.2, -0.15) is 0 Å². The molecule has 0 aliphatic carbocycles. The van der Waals surface area contributed by atoms with E-state index in [-0.39, 0.29) is 11.9 Å². The van der Waals surface area contributed by atoms with Crippen molar-refractivity contribution in [3.8, 4) is 0 Å². The highest BCUT2D eigenvalue weighted by atomic mass is 16.6. The third kappa shape index (κ3) is 14.1. The van der Waals surface area contributed by atoms with E-state index < -0.39 is 29.4 Å². The fraction of sp³-hybridized carbons (Fsp3) is 0.640. The third-order valence-corrected chi connectivity index (χ3v) is 4.37. The molecule has 8 heteroatoms. The van der Waals surface area contributed by atoms with Crippen LogP contribution in [0.4, 0.5) is 9.59 Å². The summed E-state index contributed by atoms with van der Waals surface area (Å²) in [5.41, 5.74) is -0.0976. The molecule has 0 saturated heterocycles. The fourth-order valence-corrected chi connectivity index (χ4v) is 3.06. The second-order valence-electron chi connectivity index (χ2n) is 10.2. The summed E-state index contributed by atoms with van der Waals surface area (Å²) in [5, 5.41) is 8.37. The monoisotopic (exact) mass is 463 g/mol. The lowest BCUT2D eigenvalue weighted by Gasteiger charge is -2.24. The van der Waals surface area contributed by atoms with E-state index in [1.165, 1.54) is 0 Å². The first kappa shape index (κ1) is 28.3. The Morgan fingerprint density at radius 1 is 0.848 bits per heavy atom. The molecule has 0 aliphatic rings. The summed E-state index contributed by atoms with van der Waals surface area (Å²) in [7, 11) is 0. The van der Waals surface area contributed by atoms with Gasteiger partial charge in [0.05, 0.1) is 0 Å². The minimum Gasteiger partial charge on any atom is -0.444 e. The van der Waals surface area contributed by atoms with Gasteiger partial charge in [0.1, 0.15) is 17.2 Å². The molecule has 0 fully saturated rings. The van der Waals surface area contributed by atoms with Crippen LogP contribution < -0.4 is 16.0 Å². The van der Waals surface area contributed by atoms with Crippen LogP contribution in [-0.2, 0) is 20.7 Å². The second-order valence-corrected chi connectivity index (χ2v) is 10.2. The van der Waals surface area contributed by atoms with E-state index in [0.717, 1.165) is 5.56 Å². The number of rotatable bonds is 10. The lowest BCUT2D eigenvalue weighted by molar-refractivity contribution is -0.124. The number of carbonyl (C=O) groups excluding carboxylic acids is 3. The average Bonchev–Trinajstić information content (AvgIpc) is 2.64. The molecule has 33 heavy (non-hydrogen) atoms. The van der Waals surface area contributed by atoms with Gasteiger partial charge in [0.25, 0.3) is 0 Å². The number of amides is 3. The van der Waals surface area contributed by atoms with Crippen molar-refractivity contribution >= 4 is 18.1 Å². The summed E-state index contributed by atoms with van der Waals surface area (Å²) in [6, 6.07) is 9.05. The number of hydrogen-bond acceptors (Lipinski definition) is 5. The van der Waals surface area contributed by atoms with E-state index in [2.05, 4.69) is 16.0 Å². The molecule has 1 rings (SSSR count). The first-order chi connectivity index (χ1) is 15.2. The number of alkyl carbamates (subject to hydrolysis) is 2. The molecule has 0 aromatic heterocycles. The number of carbonyl (C=O) groups is 3. The van der Waals surface area contributed by atoms with Crippen LogP contribution in [0.2, 0.25) is 0 Å². The predicted molar refractivity (Wildman–Crippen MR) is 129 cm³/mol. The van der Waals surface area contributed by atoms with Crippen LogP contribution in [0.1, 0.15) is 73.3 Å². The van der Waals surface area contributed by atoms with Crippen LogP contribution in [0.15, 0.2) is 30.3 Å². The normalized spacial score (nSPS) is 13.4. The van der Waals surface area contributed by atoms with Crippen molar-refractivity contribution in [2.45, 2.75) is 97.4 Å². The minimum atomic E-state index is -0.736. The van der Waals surface area contributed by atoms with Crippen molar-refractivity contribution in [2.75, 3.05) is 6.54 Å². The van der Waals surface area contributed by atoms with E-state index >= 15 is 0 Å². The zero-order valence-electron chi connectivity index (χ0n) is 21.1. The number of unbranched alkanes of at least 4 members (excludes halogenated alkanes) is 1. The maximum absolute atomic E-state index is 12.9. The van der Waals surface area contributed by atoms with E-state index in [1.807, 2.05) is 37.3 Å². The molecule has 3 amide bonds. The van der Waals surface area contributed by atoms with Crippen molar-refractivity contribution < 1.29 is 23.9 Å². The van der Waals surface area contributed by atoms with Gasteiger partial charge in [0.15, 0.2) is 0 Å². The van der Waals surface area contributed by atoms with Crippen molar-refractivity contribution in [1.82, 2.24) is 16.0 Å². The Morgan fingerprint density at radius 3 is 2.00 bits per heavy atom. The highest BCUT2D eigenvalue weighted by Gasteiger charge is 2.25. The summed E-state index contributed by atoms with van der Waals surface area (Å²) in [6.45, 7) is 13.1. The van der Waals surface area contributed by atoms with Gasteiger partial charge in [-0.15, -0.1) is 0 Å². The first-order valence-electron chi connectivity index (χ1n) is 11.6. The Balaban J connectivity index is 2.59. The fourth-order valence-electron chi connectivity index (χ4n) is 3.06. The zero-order chi connectivity index (χ0) is 25.1. The number of benzene rings is 1. The van der Waals surface area contributed by atoms with Crippen molar-refractivity contribution in [3.63, 3.8) is 0 Å². The number of hydrogen-bond donors (Lipinski definition) is 3. The number of ether oxygens (including phenoxy) is 2. The lowest BCUT2D eigenvalue weighted by Crippen LogP contribution is -2.50. The van der Waals surface area contributed by atoms with Crippen molar-refractivity contribution in [2.24, 2.45) is 0 Å². The van der Waals surface area contributed by atoms with Gasteiger partial charge in [0.2, 0.25) is 5.91 Å². The second kappa shape index (κ2) is 13.1. The van der Waals surface area contributed by atoms with E-state index in [9.17, 15) is 14.4 Å². The highest BCUT2D eigenvalue weighted by molar-refractivity contribution is 5.85. The van der Waals surface area contributed by atoms with E-state index in [1.54, 1.807) is 41.5 Å². The third-order valence-electron chi connectivity index (χ3n) is 4.37. The largest absolute Gasteiger partial charge is 0.444 e. The van der Waals surface area contributed by atoms with Crippen molar-refractivity contribution in [1.29, 1.82) is 0 Å². The Labute approximate surface area is 198 Å². The number of nitrogens with one attached hydrogen (secondary N) is 3. The molecule has 1 aromatic rings. The quantitative estimate of drug-likeness (QED) is 0.448. The van der Waals surface area contributed by atoms with Gasteiger partial charge in [0, 0.05) is 12.6 Å². The Morgan fingerprint density at radius 2 is 1.42 bits per heavy atom. The van der Waals surface area contributed by atoms with Gasteiger partial charge in [-0.3, -0.25) is 4.79 Å². The lowest BCUT2D eigenvalue weighted by atomic mass is 10.1. The zero-order valence-corrected chi connectivity index (χ0v) is 21.1. The molecule has 186 valence electrons. The summed E-state index contributed by atoms with van der Waals surface area (Å²) in [6.07, 6.45) is 1.25. The molecule has 0 unspecified atom stereocenters. The SMILES string of the molecule is C[C@H](Cc1ccccc1)NC(=O)[C@H](CCCCNC(=O)OC(C)(C)C)NC(=O)OC(C)(C)C. The first-order valence-corrected chi connectivity index (χ1v) is 11.6. The van der Waals surface area contributed by atoms with Crippen LogP contribution in [0.25, 0.3) is 0 Å². The molecule has 2 atom stereocenters. The Bertz CT molecular complexity index is 754. The van der Waals surface area contributed by atoms with Gasteiger partial charge in [-0.25, -0.2) is 9.59 Å². The molecule has 8 nitrogen and oxygen atoms in total. The molecule has 0 radical (unpaired) electrons. The molecular weight excluding hydrogens is 422 g/mol. The highest BCUT2D eigenvalue weighted by Crippen LogP contribution is 2.10. The van der Waals surface area contributed by atoms with Crippen LogP contribution in [0.5, 0.6) is 0 Å². The molecule has 0 heterocycles. The molecule has 1 aromatic carbocycles. The standard InChI is InChI=1S/C25H41N3O5/c1-18(17-19-13-9-8-10-14-19)27-21(29)20(28-23(31)33-25(5,6)7)15-11-12-16-26-22(30)32-24(2,3)4/h8-10,13-14,18,20H,11-12,15-17H2,1-7H3,(H,26,30)(H,27,29)(H,28,31)/t18-,20+/m1/s1. The summed E-state index contributed by atoms with van der Waals surface area (Å²) >= 11 is 0. The summed E-state index contributed by atoms with van der Waals surface area (Å²) in [4.78, 5) is 36.9. The molecule has 0 spiro atoms. The summed E-state index contributed by atoms with van der Waals surface area (Å²) in [5.74, 6) is -0.260. The van der Waals surface area contributed by atoms with E-state index in [0.29, 0.717) is 32.2 Å². The molecular formula is C25H41N3O5. The Kier molecular flexibility index (Phi) is 11.2. The van der Waals surface area contributed by atoms with Gasteiger partial charge in [-0.1, -0.05) is 30.3 Å². The van der Waals surface area contributed by atoms with Crippen LogP contribution >= 0.6 is 0 Å². The van der Waals surface area contributed by atoms with Gasteiger partial charge >= 0.3 is 12.2 Å². The van der Waals surface area contributed by atoms with Crippen LogP contribution in [0.3, 0.4) is 0 Å². The minimum absolute atomic E-state index is 0.100. The summed E-state index contributed by atoms with van der Waals surface area (Å²) < 4.78 is 10.5.